The van der Waals surface area contributed by atoms with Crippen LogP contribution in [-0.4, -0.2) is 0 Å². The lowest BCUT2D eigenvalue weighted by molar-refractivity contribution is 0.415. The van der Waals surface area contributed by atoms with Gasteiger partial charge in [-0.2, -0.15) is 0 Å². The molecular weight excluding hydrogens is 204 g/mol. The molecule has 0 rings (SSSR count). The zero-order chi connectivity index (χ0) is 14.0. The summed E-state index contributed by atoms with van der Waals surface area (Å²) in [4.78, 5) is 0. The zero-order valence-corrected chi connectivity index (χ0v) is 14.0. The Bertz CT molecular complexity index is 56.4. The van der Waals surface area contributed by atoms with Crippen molar-refractivity contribution in [2.24, 2.45) is 11.8 Å². The van der Waals surface area contributed by atoms with Crippen LogP contribution in [0.2, 0.25) is 0 Å². The predicted molar refractivity (Wildman–Crippen MR) is 88.9 cm³/mol. The zero-order valence-electron chi connectivity index (χ0n) is 14.0. The Kier molecular flexibility index (Phi) is 64.0. The highest BCUT2D eigenvalue weighted by Crippen LogP contribution is 2.16. The van der Waals surface area contributed by atoms with Crippen molar-refractivity contribution in [3.8, 4) is 0 Å². The minimum absolute atomic E-state index is 0. The summed E-state index contributed by atoms with van der Waals surface area (Å²) in [7, 11) is 0. The molecule has 0 aliphatic carbocycles. The molecule has 112 valence electrons. The van der Waals surface area contributed by atoms with Crippen molar-refractivity contribution in [1.82, 2.24) is 0 Å². The normalized spacial score (nSPS) is 10.9. The van der Waals surface area contributed by atoms with Crippen LogP contribution in [0.5, 0.6) is 0 Å². The van der Waals surface area contributed by atoms with Crippen LogP contribution in [0.15, 0.2) is 0 Å². The van der Waals surface area contributed by atoms with Crippen molar-refractivity contribution >= 4 is 0 Å². The van der Waals surface area contributed by atoms with Gasteiger partial charge in [-0.3, -0.25) is 0 Å². The van der Waals surface area contributed by atoms with Crippen molar-refractivity contribution in [2.45, 2.75) is 102 Å². The van der Waals surface area contributed by atoms with Gasteiger partial charge in [0.15, 0.2) is 0 Å². The monoisotopic (exact) mass is 248 g/mol. The molecule has 0 aromatic heterocycles. The quantitative estimate of drug-likeness (QED) is 0.470. The van der Waals surface area contributed by atoms with Crippen LogP contribution in [0.25, 0.3) is 0 Å². The second-order valence-electron chi connectivity index (χ2n) is 3.60. The molecule has 17 heavy (non-hydrogen) atoms. The lowest BCUT2D eigenvalue weighted by Crippen LogP contribution is -1.97. The second kappa shape index (κ2) is 36.0. The summed E-state index contributed by atoms with van der Waals surface area (Å²) in [5.74, 6) is 1.88. The molecule has 0 saturated heterocycles. The van der Waals surface area contributed by atoms with E-state index >= 15 is 0 Å². The van der Waals surface area contributed by atoms with Crippen LogP contribution >= 0.6 is 0 Å². The van der Waals surface area contributed by atoms with Gasteiger partial charge < -0.3 is 0 Å². The van der Waals surface area contributed by atoms with Crippen molar-refractivity contribution in [3.05, 3.63) is 0 Å². The highest BCUT2D eigenvalue weighted by molar-refractivity contribution is 4.54. The smallest absolute Gasteiger partial charge is 0.0445 e. The molecule has 0 radical (unpaired) electrons. The van der Waals surface area contributed by atoms with Gasteiger partial charge in [0, 0.05) is 0 Å². The average Bonchev–Trinajstić information content (AvgIpc) is 2.42. The summed E-state index contributed by atoms with van der Waals surface area (Å²) in [6.07, 6.45) is 5.53. The van der Waals surface area contributed by atoms with E-state index in [1.807, 2.05) is 41.5 Å². The van der Waals surface area contributed by atoms with Crippen LogP contribution in [0.1, 0.15) is 102 Å². The number of hydrogen-bond donors (Lipinski definition) is 0. The number of hydrogen-bond acceptors (Lipinski definition) is 0. The van der Waals surface area contributed by atoms with E-state index in [9.17, 15) is 0 Å². The molecule has 0 spiro atoms. The van der Waals surface area contributed by atoms with Crippen LogP contribution in [0.4, 0.5) is 0 Å². The first-order valence-corrected chi connectivity index (χ1v) is 7.70. The van der Waals surface area contributed by atoms with Crippen LogP contribution < -0.4 is 0 Å². The van der Waals surface area contributed by atoms with E-state index in [1.54, 1.807) is 0 Å². The molecule has 0 fully saturated rings. The average molecular weight is 249 g/mol. The molecular formula is C17H44. The van der Waals surface area contributed by atoms with E-state index in [0.29, 0.717) is 0 Å². The summed E-state index contributed by atoms with van der Waals surface area (Å²) >= 11 is 0. The van der Waals surface area contributed by atoms with Gasteiger partial charge in [-0.15, -0.1) is 0 Å². The van der Waals surface area contributed by atoms with Crippen molar-refractivity contribution < 1.29 is 0 Å². The van der Waals surface area contributed by atoms with Crippen molar-refractivity contribution in [2.75, 3.05) is 0 Å². The van der Waals surface area contributed by atoms with Gasteiger partial charge in [-0.25, -0.2) is 0 Å². The predicted octanol–water partition coefficient (Wildman–Crippen LogP) is 7.57. The van der Waals surface area contributed by atoms with Crippen molar-refractivity contribution in [1.29, 1.82) is 0 Å². The first kappa shape index (κ1) is 30.2. The van der Waals surface area contributed by atoms with Gasteiger partial charge >= 0.3 is 0 Å². The third kappa shape index (κ3) is 38.7. The fraction of sp³-hybridized carbons (Fsp3) is 1.00. The fourth-order valence-electron chi connectivity index (χ4n) is 0.977. The Hall–Kier alpha value is 0. The molecule has 0 heterocycles. The minimum atomic E-state index is 0. The molecule has 0 heteroatoms. The molecule has 0 bridgehead atoms. The van der Waals surface area contributed by atoms with Crippen LogP contribution in [-0.2, 0) is 0 Å². The largest absolute Gasteiger partial charge is 0.0776 e. The van der Waals surface area contributed by atoms with Crippen LogP contribution in [0, 0.1) is 11.8 Å². The molecule has 2 atom stereocenters. The first-order valence-electron chi connectivity index (χ1n) is 7.70. The van der Waals surface area contributed by atoms with E-state index in [1.165, 1.54) is 25.7 Å². The molecule has 0 N–H and O–H groups in total. The second-order valence-corrected chi connectivity index (χ2v) is 3.60. The third-order valence-electron chi connectivity index (χ3n) is 2.55. The van der Waals surface area contributed by atoms with E-state index in [-0.39, 0.29) is 7.43 Å². The van der Waals surface area contributed by atoms with Gasteiger partial charge in [0.05, 0.1) is 0 Å². The third-order valence-corrected chi connectivity index (χ3v) is 2.55. The Morgan fingerprint density at radius 2 is 0.765 bits per heavy atom. The first-order chi connectivity index (χ1) is 7.70. The molecule has 0 aromatic carbocycles. The van der Waals surface area contributed by atoms with E-state index in [0.717, 1.165) is 11.8 Å². The minimum Gasteiger partial charge on any atom is -0.0776 e. The van der Waals surface area contributed by atoms with Crippen LogP contribution in [0.3, 0.4) is 0 Å². The van der Waals surface area contributed by atoms with Gasteiger partial charge in [0.2, 0.25) is 0 Å². The van der Waals surface area contributed by atoms with Gasteiger partial charge in [-0.05, 0) is 11.8 Å². The Morgan fingerprint density at radius 1 is 0.588 bits per heavy atom. The molecule has 0 aliphatic heterocycles. The molecule has 0 saturated carbocycles. The molecule has 2 unspecified atom stereocenters. The van der Waals surface area contributed by atoms with Gasteiger partial charge in [0.1, 0.15) is 0 Å². The number of rotatable bonds is 5. The van der Waals surface area contributed by atoms with E-state index in [4.69, 9.17) is 0 Å². The highest BCUT2D eigenvalue weighted by atomic mass is 14.1. The van der Waals surface area contributed by atoms with E-state index in [2.05, 4.69) is 27.7 Å². The Labute approximate surface area is 115 Å². The standard InChI is InChI=1S/C10H22.3C2H6.CH4/c1-5-9(3)7-8-10(4)6-2;3*1-2;/h9-10H,5-8H2,1-4H3;3*1-2H3;1H4. The molecule has 0 aromatic rings. The summed E-state index contributed by atoms with van der Waals surface area (Å²) in [5.41, 5.74) is 0. The van der Waals surface area contributed by atoms with Gasteiger partial charge in [-0.1, -0.05) is 102 Å². The molecule has 0 aliphatic rings. The summed E-state index contributed by atoms with van der Waals surface area (Å²) in [6, 6.07) is 0. The topological polar surface area (TPSA) is 0 Å². The van der Waals surface area contributed by atoms with Gasteiger partial charge in [0.25, 0.3) is 0 Å². The Morgan fingerprint density at radius 3 is 0.882 bits per heavy atom. The fourth-order valence-corrected chi connectivity index (χ4v) is 0.977. The summed E-state index contributed by atoms with van der Waals surface area (Å²) in [5, 5.41) is 0. The molecule has 0 amide bonds. The lowest BCUT2D eigenvalue weighted by atomic mass is 9.95. The maximum Gasteiger partial charge on any atom is -0.0445 e. The SMILES string of the molecule is C.CC.CC.CC.CCC(C)CCC(C)CC. The summed E-state index contributed by atoms with van der Waals surface area (Å²) < 4.78 is 0. The Balaban J connectivity index is -0.0000000594. The highest BCUT2D eigenvalue weighted by Gasteiger charge is 2.02. The molecule has 0 nitrogen and oxygen atoms in total. The summed E-state index contributed by atoms with van der Waals surface area (Å²) in [6.45, 7) is 21.3. The maximum absolute atomic E-state index is 2.35. The maximum atomic E-state index is 2.35. The van der Waals surface area contributed by atoms with E-state index < -0.39 is 0 Å². The van der Waals surface area contributed by atoms with Crippen molar-refractivity contribution in [3.63, 3.8) is 0 Å². The lowest BCUT2D eigenvalue weighted by Gasteiger charge is -2.11.